The summed E-state index contributed by atoms with van der Waals surface area (Å²) in [5.74, 6) is 0.817. The first-order valence-electron chi connectivity index (χ1n) is 5.91. The fraction of sp³-hybridized carbons (Fsp3) is 0.417. The summed E-state index contributed by atoms with van der Waals surface area (Å²) < 4.78 is 5.32. The molecule has 0 amide bonds. The van der Waals surface area contributed by atoms with Gasteiger partial charge in [-0.2, -0.15) is 0 Å². The number of nitrogens with one attached hydrogen (secondary N) is 2. The van der Waals surface area contributed by atoms with Crippen molar-refractivity contribution in [3.63, 3.8) is 0 Å². The van der Waals surface area contributed by atoms with E-state index in [1.807, 2.05) is 18.2 Å². The number of benzene rings is 1. The van der Waals surface area contributed by atoms with E-state index in [1.165, 1.54) is 0 Å². The van der Waals surface area contributed by atoms with E-state index in [0.29, 0.717) is 6.04 Å². The summed E-state index contributed by atoms with van der Waals surface area (Å²) in [6.07, 6.45) is 2.05. The van der Waals surface area contributed by atoms with E-state index in [1.54, 1.807) is 0 Å². The van der Waals surface area contributed by atoms with Crippen LogP contribution in [0.3, 0.4) is 0 Å². The predicted octanol–water partition coefficient (Wildman–Crippen LogP) is 1.74. The molecule has 1 aromatic heterocycles. The maximum absolute atomic E-state index is 5.73. The summed E-state index contributed by atoms with van der Waals surface area (Å²) >= 11 is 0. The van der Waals surface area contributed by atoms with Gasteiger partial charge < -0.3 is 20.8 Å². The Morgan fingerprint density at radius 2 is 2.18 bits per heavy atom. The highest BCUT2D eigenvalue weighted by atomic mass is 16.5. The van der Waals surface area contributed by atoms with Crippen LogP contribution in [-0.2, 0) is 4.74 Å². The van der Waals surface area contributed by atoms with Gasteiger partial charge in [0.25, 0.3) is 0 Å². The third kappa shape index (κ3) is 2.19. The van der Waals surface area contributed by atoms with Crippen molar-refractivity contribution in [1.82, 2.24) is 9.97 Å². The van der Waals surface area contributed by atoms with Crippen LogP contribution < -0.4 is 11.1 Å². The number of imidazole rings is 1. The number of nitrogens with zero attached hydrogens (tertiary/aromatic N) is 1. The average molecular weight is 232 g/mol. The van der Waals surface area contributed by atoms with E-state index < -0.39 is 0 Å². The number of nitrogen functional groups attached to an aromatic ring is 1. The SMILES string of the molecule is Nc1ccc2nc(NC3CCOCC3)[nH]c2c1. The Morgan fingerprint density at radius 1 is 1.35 bits per heavy atom. The van der Waals surface area contributed by atoms with Crippen LogP contribution in [0.25, 0.3) is 11.0 Å². The van der Waals surface area contributed by atoms with Crippen molar-refractivity contribution in [3.05, 3.63) is 18.2 Å². The van der Waals surface area contributed by atoms with Crippen molar-refractivity contribution in [3.8, 4) is 0 Å². The van der Waals surface area contributed by atoms with Gasteiger partial charge in [0.05, 0.1) is 11.0 Å². The molecule has 1 fully saturated rings. The summed E-state index contributed by atoms with van der Waals surface area (Å²) in [6.45, 7) is 1.65. The minimum Gasteiger partial charge on any atom is -0.399 e. The van der Waals surface area contributed by atoms with Crippen LogP contribution in [0.15, 0.2) is 18.2 Å². The summed E-state index contributed by atoms with van der Waals surface area (Å²) in [5.41, 5.74) is 8.39. The second-order valence-electron chi connectivity index (χ2n) is 4.39. The van der Waals surface area contributed by atoms with Gasteiger partial charge in [-0.25, -0.2) is 4.98 Å². The summed E-state index contributed by atoms with van der Waals surface area (Å²) in [6, 6.07) is 6.14. The first kappa shape index (κ1) is 10.4. The van der Waals surface area contributed by atoms with Crippen molar-refractivity contribution < 1.29 is 4.74 Å². The summed E-state index contributed by atoms with van der Waals surface area (Å²) in [7, 11) is 0. The van der Waals surface area contributed by atoms with Crippen LogP contribution in [-0.4, -0.2) is 29.2 Å². The third-order valence-electron chi connectivity index (χ3n) is 3.07. The molecule has 5 nitrogen and oxygen atoms in total. The molecule has 2 aromatic rings. The number of rotatable bonds is 2. The normalized spacial score (nSPS) is 17.4. The Balaban J connectivity index is 1.80. The molecule has 1 saturated heterocycles. The quantitative estimate of drug-likeness (QED) is 0.689. The lowest BCUT2D eigenvalue weighted by molar-refractivity contribution is 0.0903. The van der Waals surface area contributed by atoms with Crippen molar-refractivity contribution in [2.45, 2.75) is 18.9 Å². The van der Waals surface area contributed by atoms with Gasteiger partial charge in [0.15, 0.2) is 0 Å². The van der Waals surface area contributed by atoms with E-state index >= 15 is 0 Å². The number of nitrogens with two attached hydrogens (primary N) is 1. The molecule has 0 saturated carbocycles. The Bertz CT molecular complexity index is 516. The number of fused-ring (bicyclic) bond motifs is 1. The second-order valence-corrected chi connectivity index (χ2v) is 4.39. The Labute approximate surface area is 99.4 Å². The lowest BCUT2D eigenvalue weighted by Crippen LogP contribution is -2.28. The van der Waals surface area contributed by atoms with Crippen LogP contribution in [0.1, 0.15) is 12.8 Å². The molecule has 0 atom stereocenters. The Morgan fingerprint density at radius 3 is 3.00 bits per heavy atom. The van der Waals surface area contributed by atoms with Crippen molar-refractivity contribution in [2.24, 2.45) is 0 Å². The predicted molar refractivity (Wildman–Crippen MR) is 68.0 cm³/mol. The molecule has 1 aliphatic heterocycles. The lowest BCUT2D eigenvalue weighted by Gasteiger charge is -2.22. The summed E-state index contributed by atoms with van der Waals surface area (Å²) in [4.78, 5) is 7.73. The molecule has 0 aliphatic carbocycles. The molecule has 5 heteroatoms. The number of hydrogen-bond acceptors (Lipinski definition) is 4. The van der Waals surface area contributed by atoms with Crippen molar-refractivity contribution in [1.29, 1.82) is 0 Å². The number of H-pyrrole nitrogens is 1. The Hall–Kier alpha value is -1.75. The molecule has 1 aliphatic rings. The first-order valence-corrected chi connectivity index (χ1v) is 5.91. The Kier molecular flexibility index (Phi) is 2.60. The smallest absolute Gasteiger partial charge is 0.201 e. The summed E-state index contributed by atoms with van der Waals surface area (Å²) in [5, 5.41) is 3.40. The van der Waals surface area contributed by atoms with E-state index in [0.717, 1.165) is 48.7 Å². The van der Waals surface area contributed by atoms with E-state index in [-0.39, 0.29) is 0 Å². The minimum absolute atomic E-state index is 0.446. The largest absolute Gasteiger partial charge is 0.399 e. The topological polar surface area (TPSA) is 76.0 Å². The van der Waals surface area contributed by atoms with Crippen LogP contribution in [0.5, 0.6) is 0 Å². The molecule has 4 N–H and O–H groups in total. The van der Waals surface area contributed by atoms with Crippen LogP contribution in [0.4, 0.5) is 11.6 Å². The fourth-order valence-electron chi connectivity index (χ4n) is 2.13. The highest BCUT2D eigenvalue weighted by Crippen LogP contribution is 2.19. The second kappa shape index (κ2) is 4.25. The average Bonchev–Trinajstić information content (AvgIpc) is 2.71. The maximum Gasteiger partial charge on any atom is 0.201 e. The zero-order valence-electron chi connectivity index (χ0n) is 9.57. The van der Waals surface area contributed by atoms with Crippen molar-refractivity contribution >= 4 is 22.7 Å². The van der Waals surface area contributed by atoms with Crippen LogP contribution in [0, 0.1) is 0 Å². The van der Waals surface area contributed by atoms with Gasteiger partial charge in [0.2, 0.25) is 5.95 Å². The number of ether oxygens (including phenoxy) is 1. The number of aromatic amines is 1. The molecule has 0 unspecified atom stereocenters. The van der Waals surface area contributed by atoms with Gasteiger partial charge >= 0.3 is 0 Å². The van der Waals surface area contributed by atoms with Gasteiger partial charge in [0, 0.05) is 24.9 Å². The molecule has 2 heterocycles. The van der Waals surface area contributed by atoms with Gasteiger partial charge in [-0.05, 0) is 31.0 Å². The highest BCUT2D eigenvalue weighted by Gasteiger charge is 2.14. The number of hydrogen-bond donors (Lipinski definition) is 3. The monoisotopic (exact) mass is 232 g/mol. The van der Waals surface area contributed by atoms with Crippen LogP contribution >= 0.6 is 0 Å². The van der Waals surface area contributed by atoms with Gasteiger partial charge in [-0.15, -0.1) is 0 Å². The fourth-order valence-corrected chi connectivity index (χ4v) is 2.13. The van der Waals surface area contributed by atoms with E-state index in [2.05, 4.69) is 15.3 Å². The molecule has 0 radical (unpaired) electrons. The molecule has 1 aromatic carbocycles. The molecule has 17 heavy (non-hydrogen) atoms. The van der Waals surface area contributed by atoms with Crippen molar-refractivity contribution in [2.75, 3.05) is 24.3 Å². The standard InChI is InChI=1S/C12H16N4O/c13-8-1-2-10-11(7-8)16-12(15-10)14-9-3-5-17-6-4-9/h1-2,7,9H,3-6,13H2,(H2,14,15,16). The zero-order chi connectivity index (χ0) is 11.7. The third-order valence-corrected chi connectivity index (χ3v) is 3.07. The number of aromatic nitrogens is 2. The molecule has 0 spiro atoms. The highest BCUT2D eigenvalue weighted by molar-refractivity contribution is 5.80. The van der Waals surface area contributed by atoms with Crippen LogP contribution in [0.2, 0.25) is 0 Å². The maximum atomic E-state index is 5.73. The van der Waals surface area contributed by atoms with Gasteiger partial charge in [0.1, 0.15) is 0 Å². The minimum atomic E-state index is 0.446. The lowest BCUT2D eigenvalue weighted by atomic mass is 10.1. The number of anilines is 2. The zero-order valence-corrected chi connectivity index (χ0v) is 9.57. The van der Waals surface area contributed by atoms with E-state index in [9.17, 15) is 0 Å². The molecule has 0 bridgehead atoms. The van der Waals surface area contributed by atoms with E-state index in [4.69, 9.17) is 10.5 Å². The van der Waals surface area contributed by atoms with Gasteiger partial charge in [-0.3, -0.25) is 0 Å². The first-order chi connectivity index (χ1) is 8.31. The molecular formula is C12H16N4O. The molecular weight excluding hydrogens is 216 g/mol. The van der Waals surface area contributed by atoms with Gasteiger partial charge in [-0.1, -0.05) is 0 Å². The molecule has 3 rings (SSSR count). The molecule has 90 valence electrons.